The molecule has 2 aromatic carbocycles. The molecule has 0 unspecified atom stereocenters. The molecule has 0 aliphatic carbocycles. The number of hydrogen-bond donors (Lipinski definition) is 1. The van der Waals surface area contributed by atoms with E-state index in [2.05, 4.69) is 16.4 Å². The fraction of sp³-hybridized carbons (Fsp3) is 0.296. The van der Waals surface area contributed by atoms with Crippen LogP contribution in [0.15, 0.2) is 66.9 Å². The van der Waals surface area contributed by atoms with Gasteiger partial charge in [0.05, 0.1) is 17.2 Å². The van der Waals surface area contributed by atoms with Crippen LogP contribution in [0.5, 0.6) is 5.88 Å². The molecule has 9 heteroatoms. The molecule has 0 spiro atoms. The average Bonchev–Trinajstić information content (AvgIpc) is 2.84. The first kappa shape index (κ1) is 27.0. The number of halogens is 4. The Bertz CT molecular complexity index is 1220. The van der Waals surface area contributed by atoms with Gasteiger partial charge >= 0.3 is 6.18 Å². The largest absolute Gasteiger partial charge is 0.462 e. The SMILES string of the molecule is CC(C)(Oc1ccc(C(F)(F)F)cn1)C(=O)NCC[C@H](Cc1ccc(Cl)cc1)c1cccc(C#N)c1. The van der Waals surface area contributed by atoms with Crippen molar-refractivity contribution in [2.24, 2.45) is 0 Å². The molecule has 0 aliphatic heterocycles. The third-order valence-electron chi connectivity index (χ3n) is 5.63. The van der Waals surface area contributed by atoms with Crippen molar-refractivity contribution < 1.29 is 22.7 Å². The number of hydrogen-bond acceptors (Lipinski definition) is 4. The molecule has 5 nitrogen and oxygen atoms in total. The van der Waals surface area contributed by atoms with Crippen LogP contribution >= 0.6 is 11.6 Å². The molecule has 36 heavy (non-hydrogen) atoms. The molecule has 3 aromatic rings. The molecule has 1 heterocycles. The minimum absolute atomic E-state index is 0.0142. The van der Waals surface area contributed by atoms with Gasteiger partial charge in [0.1, 0.15) is 0 Å². The molecular formula is C27H25ClF3N3O2. The number of nitriles is 1. The zero-order valence-corrected chi connectivity index (χ0v) is 20.5. The first-order valence-electron chi connectivity index (χ1n) is 11.2. The van der Waals surface area contributed by atoms with E-state index in [9.17, 15) is 23.2 Å². The maximum absolute atomic E-state index is 12.8. The zero-order valence-electron chi connectivity index (χ0n) is 19.8. The Morgan fingerprint density at radius 3 is 2.47 bits per heavy atom. The molecule has 0 aliphatic rings. The van der Waals surface area contributed by atoms with Gasteiger partial charge in [-0.15, -0.1) is 0 Å². The van der Waals surface area contributed by atoms with E-state index < -0.39 is 23.2 Å². The Hall–Kier alpha value is -3.57. The van der Waals surface area contributed by atoms with E-state index in [0.29, 0.717) is 36.2 Å². The number of benzene rings is 2. The van der Waals surface area contributed by atoms with Crippen LogP contribution in [0.4, 0.5) is 13.2 Å². The summed E-state index contributed by atoms with van der Waals surface area (Å²) < 4.78 is 43.8. The second kappa shape index (κ2) is 11.4. The summed E-state index contributed by atoms with van der Waals surface area (Å²) in [6, 6.07) is 19.0. The van der Waals surface area contributed by atoms with Crippen molar-refractivity contribution >= 4 is 17.5 Å². The van der Waals surface area contributed by atoms with Gasteiger partial charge < -0.3 is 10.1 Å². The standard InChI is InChI=1S/C27H25ClF3N3O2/c1-26(2,36-24-11-8-22(17-34-24)27(29,30)31)25(35)33-13-12-21(14-18-6-9-23(28)10-7-18)20-5-3-4-19(15-20)16-32/h3-11,15,17,21H,12-14H2,1-2H3,(H,33,35)/t21-/m1/s1. The molecule has 0 radical (unpaired) electrons. The maximum atomic E-state index is 12.8. The van der Waals surface area contributed by atoms with E-state index in [-0.39, 0.29) is 11.8 Å². The van der Waals surface area contributed by atoms with Gasteiger partial charge in [0, 0.05) is 23.8 Å². The van der Waals surface area contributed by atoms with Gasteiger partial charge in [0.25, 0.3) is 5.91 Å². The van der Waals surface area contributed by atoms with Crippen LogP contribution in [0.3, 0.4) is 0 Å². The van der Waals surface area contributed by atoms with Gasteiger partial charge in [-0.2, -0.15) is 18.4 Å². The smallest absolute Gasteiger partial charge is 0.417 e. The van der Waals surface area contributed by atoms with E-state index in [1.165, 1.54) is 13.8 Å². The molecule has 1 atom stereocenters. The highest BCUT2D eigenvalue weighted by atomic mass is 35.5. The highest BCUT2D eigenvalue weighted by Gasteiger charge is 2.33. The highest BCUT2D eigenvalue weighted by molar-refractivity contribution is 6.30. The lowest BCUT2D eigenvalue weighted by molar-refractivity contribution is -0.138. The summed E-state index contributed by atoms with van der Waals surface area (Å²) in [5, 5.41) is 12.8. The predicted octanol–water partition coefficient (Wildman–Crippen LogP) is 6.32. The molecule has 0 saturated heterocycles. The lowest BCUT2D eigenvalue weighted by Gasteiger charge is -2.25. The Balaban J connectivity index is 1.65. The lowest BCUT2D eigenvalue weighted by atomic mass is 9.88. The number of ether oxygens (including phenoxy) is 1. The first-order valence-corrected chi connectivity index (χ1v) is 11.6. The zero-order chi connectivity index (χ0) is 26.3. The minimum atomic E-state index is -4.51. The molecule has 188 valence electrons. The highest BCUT2D eigenvalue weighted by Crippen LogP contribution is 2.30. The van der Waals surface area contributed by atoms with Crippen LogP contribution in [0.1, 0.15) is 48.4 Å². The van der Waals surface area contributed by atoms with Crippen LogP contribution < -0.4 is 10.1 Å². The van der Waals surface area contributed by atoms with Crippen molar-refractivity contribution in [2.45, 2.75) is 44.4 Å². The lowest BCUT2D eigenvalue weighted by Crippen LogP contribution is -2.47. The van der Waals surface area contributed by atoms with Crippen LogP contribution in [-0.4, -0.2) is 23.0 Å². The Morgan fingerprint density at radius 1 is 1.14 bits per heavy atom. The van der Waals surface area contributed by atoms with Crippen molar-refractivity contribution in [3.05, 3.63) is 94.1 Å². The van der Waals surface area contributed by atoms with Gasteiger partial charge in [0.15, 0.2) is 5.60 Å². The van der Waals surface area contributed by atoms with Crippen molar-refractivity contribution in [3.8, 4) is 11.9 Å². The predicted molar refractivity (Wildman–Crippen MR) is 131 cm³/mol. The van der Waals surface area contributed by atoms with E-state index in [4.69, 9.17) is 16.3 Å². The molecule has 3 rings (SSSR count). The summed E-state index contributed by atoms with van der Waals surface area (Å²) in [6.45, 7) is 3.35. The van der Waals surface area contributed by atoms with Crippen molar-refractivity contribution in [1.82, 2.24) is 10.3 Å². The van der Waals surface area contributed by atoms with Gasteiger partial charge in [-0.3, -0.25) is 4.79 Å². The summed E-state index contributed by atoms with van der Waals surface area (Å²) in [5.41, 5.74) is 0.331. The molecule has 0 fully saturated rings. The number of nitrogens with zero attached hydrogens (tertiary/aromatic N) is 2. The quantitative estimate of drug-likeness (QED) is 0.362. The number of carbonyl (C=O) groups excluding carboxylic acids is 1. The van der Waals surface area contributed by atoms with Crippen LogP contribution in [0, 0.1) is 11.3 Å². The third kappa shape index (κ3) is 7.46. The summed E-state index contributed by atoms with van der Waals surface area (Å²) in [5.74, 6) is -0.502. The summed E-state index contributed by atoms with van der Waals surface area (Å²) >= 11 is 6.00. The van der Waals surface area contributed by atoms with Crippen LogP contribution in [0.2, 0.25) is 5.02 Å². The average molecular weight is 516 g/mol. The number of amides is 1. The van der Waals surface area contributed by atoms with Crippen molar-refractivity contribution in [1.29, 1.82) is 5.26 Å². The molecular weight excluding hydrogens is 491 g/mol. The Kier molecular flexibility index (Phi) is 8.59. The minimum Gasteiger partial charge on any atom is -0.462 e. The Morgan fingerprint density at radius 2 is 1.86 bits per heavy atom. The summed E-state index contributed by atoms with van der Waals surface area (Å²) in [6.07, 6.45) is -2.58. The normalized spacial score (nSPS) is 12.5. The van der Waals surface area contributed by atoms with E-state index in [1.807, 2.05) is 42.5 Å². The van der Waals surface area contributed by atoms with Gasteiger partial charge in [-0.05, 0) is 74.1 Å². The summed E-state index contributed by atoms with van der Waals surface area (Å²) in [7, 11) is 0. The third-order valence-corrected chi connectivity index (χ3v) is 5.88. The summed E-state index contributed by atoms with van der Waals surface area (Å²) in [4.78, 5) is 16.5. The Labute approximate surface area is 212 Å². The fourth-order valence-corrected chi connectivity index (χ4v) is 3.77. The van der Waals surface area contributed by atoms with E-state index >= 15 is 0 Å². The molecule has 0 bridgehead atoms. The van der Waals surface area contributed by atoms with E-state index in [1.54, 1.807) is 6.07 Å². The molecule has 1 aromatic heterocycles. The van der Waals surface area contributed by atoms with Gasteiger partial charge in [-0.25, -0.2) is 4.98 Å². The maximum Gasteiger partial charge on any atom is 0.417 e. The number of alkyl halides is 3. The monoisotopic (exact) mass is 515 g/mol. The van der Waals surface area contributed by atoms with Crippen molar-refractivity contribution in [2.75, 3.05) is 6.54 Å². The van der Waals surface area contributed by atoms with E-state index in [0.717, 1.165) is 23.3 Å². The molecule has 0 saturated carbocycles. The van der Waals surface area contributed by atoms with Gasteiger partial charge in [-0.1, -0.05) is 35.9 Å². The molecule has 1 amide bonds. The van der Waals surface area contributed by atoms with Crippen LogP contribution in [-0.2, 0) is 17.4 Å². The first-order chi connectivity index (χ1) is 17.0. The van der Waals surface area contributed by atoms with Crippen molar-refractivity contribution in [3.63, 3.8) is 0 Å². The number of rotatable bonds is 9. The second-order valence-corrected chi connectivity index (χ2v) is 9.24. The topological polar surface area (TPSA) is 75.0 Å². The second-order valence-electron chi connectivity index (χ2n) is 8.80. The van der Waals surface area contributed by atoms with Gasteiger partial charge in [0.2, 0.25) is 5.88 Å². The number of aromatic nitrogens is 1. The number of nitrogens with one attached hydrogen (secondary N) is 1. The van der Waals surface area contributed by atoms with Crippen LogP contribution in [0.25, 0.3) is 0 Å². The fourth-order valence-electron chi connectivity index (χ4n) is 3.64. The number of pyridine rings is 1. The molecule has 1 N–H and O–H groups in total. The number of carbonyl (C=O) groups is 1.